The highest BCUT2D eigenvalue weighted by Crippen LogP contribution is 2.20. The van der Waals surface area contributed by atoms with Crippen LogP contribution in [-0.4, -0.2) is 28.8 Å². The molecule has 5 heteroatoms. The predicted octanol–water partition coefficient (Wildman–Crippen LogP) is 5.14. The minimum absolute atomic E-state index is 0.0372. The Kier molecular flexibility index (Phi) is 8.32. The summed E-state index contributed by atoms with van der Waals surface area (Å²) >= 11 is 5.98. The van der Waals surface area contributed by atoms with Crippen LogP contribution in [0.4, 0.5) is 0 Å². The van der Waals surface area contributed by atoms with Gasteiger partial charge in [0, 0.05) is 17.6 Å². The van der Waals surface area contributed by atoms with Crippen LogP contribution in [0, 0.1) is 0 Å². The summed E-state index contributed by atoms with van der Waals surface area (Å²) in [5.74, 6) is -0.0865. The van der Waals surface area contributed by atoms with Crippen molar-refractivity contribution in [3.05, 3.63) is 70.7 Å². The topological polar surface area (TPSA) is 49.4 Å². The van der Waals surface area contributed by atoms with Crippen LogP contribution < -0.4 is 5.32 Å². The molecule has 0 spiro atoms. The molecule has 4 nitrogen and oxygen atoms in total. The molecular weight excluding hydrogens is 396 g/mol. The van der Waals surface area contributed by atoms with Gasteiger partial charge in [-0.25, -0.2) is 0 Å². The summed E-state index contributed by atoms with van der Waals surface area (Å²) in [7, 11) is 0. The second-order valence-corrected chi connectivity index (χ2v) is 8.51. The lowest BCUT2D eigenvalue weighted by atomic mass is 9.95. The van der Waals surface area contributed by atoms with E-state index in [9.17, 15) is 9.59 Å². The zero-order valence-corrected chi connectivity index (χ0v) is 18.4. The number of halogens is 1. The zero-order chi connectivity index (χ0) is 21.3. The van der Waals surface area contributed by atoms with Crippen molar-refractivity contribution in [1.82, 2.24) is 10.2 Å². The van der Waals surface area contributed by atoms with E-state index in [2.05, 4.69) is 5.32 Å². The second-order valence-electron chi connectivity index (χ2n) is 8.08. The molecule has 30 heavy (non-hydrogen) atoms. The van der Waals surface area contributed by atoms with Crippen LogP contribution in [-0.2, 0) is 22.6 Å². The molecule has 0 heterocycles. The van der Waals surface area contributed by atoms with Crippen molar-refractivity contribution in [2.75, 3.05) is 0 Å². The molecule has 2 amide bonds. The maximum atomic E-state index is 13.3. The SMILES string of the molecule is CCC(C(=O)NC1CCCCC1)N(Cc1ccccc1)C(=O)Cc1ccc(Cl)cc1. The Morgan fingerprint density at radius 2 is 1.67 bits per heavy atom. The van der Waals surface area contributed by atoms with Crippen LogP contribution in [0.5, 0.6) is 0 Å². The number of hydrogen-bond donors (Lipinski definition) is 1. The van der Waals surface area contributed by atoms with E-state index >= 15 is 0 Å². The van der Waals surface area contributed by atoms with Gasteiger partial charge in [0.2, 0.25) is 11.8 Å². The lowest BCUT2D eigenvalue weighted by Gasteiger charge is -2.33. The number of rotatable bonds is 8. The minimum Gasteiger partial charge on any atom is -0.352 e. The van der Waals surface area contributed by atoms with Crippen LogP contribution >= 0.6 is 11.6 Å². The van der Waals surface area contributed by atoms with Gasteiger partial charge in [0.15, 0.2) is 0 Å². The Bertz CT molecular complexity index is 817. The van der Waals surface area contributed by atoms with E-state index in [1.807, 2.05) is 49.4 Å². The summed E-state index contributed by atoms with van der Waals surface area (Å²) in [6, 6.07) is 16.9. The van der Waals surface area contributed by atoms with E-state index in [0.717, 1.165) is 36.8 Å². The third-order valence-corrected chi connectivity index (χ3v) is 6.05. The zero-order valence-electron chi connectivity index (χ0n) is 17.6. The quantitative estimate of drug-likeness (QED) is 0.635. The molecule has 1 N–H and O–H groups in total. The molecule has 2 aromatic rings. The van der Waals surface area contributed by atoms with Crippen LogP contribution in [0.1, 0.15) is 56.6 Å². The molecular formula is C25H31ClN2O2. The molecule has 1 atom stereocenters. The van der Waals surface area contributed by atoms with Gasteiger partial charge in [0.25, 0.3) is 0 Å². The molecule has 0 radical (unpaired) electrons. The summed E-state index contributed by atoms with van der Waals surface area (Å²) in [6.07, 6.45) is 6.44. The van der Waals surface area contributed by atoms with Crippen molar-refractivity contribution < 1.29 is 9.59 Å². The third kappa shape index (κ3) is 6.33. The van der Waals surface area contributed by atoms with Crippen molar-refractivity contribution in [2.45, 2.75) is 70.5 Å². The van der Waals surface area contributed by atoms with Crippen LogP contribution in [0.15, 0.2) is 54.6 Å². The first kappa shape index (κ1) is 22.4. The molecule has 1 aliphatic carbocycles. The number of amides is 2. The fourth-order valence-electron chi connectivity index (χ4n) is 4.12. The van der Waals surface area contributed by atoms with Gasteiger partial charge < -0.3 is 10.2 Å². The van der Waals surface area contributed by atoms with E-state index in [1.54, 1.807) is 17.0 Å². The number of carbonyl (C=O) groups excluding carboxylic acids is 2. The molecule has 1 fully saturated rings. The van der Waals surface area contributed by atoms with Crippen LogP contribution in [0.2, 0.25) is 5.02 Å². The molecule has 0 bridgehead atoms. The van der Waals surface area contributed by atoms with Gasteiger partial charge in [0.1, 0.15) is 6.04 Å². The molecule has 1 unspecified atom stereocenters. The number of nitrogens with one attached hydrogen (secondary N) is 1. The van der Waals surface area contributed by atoms with Crippen molar-refractivity contribution in [1.29, 1.82) is 0 Å². The molecule has 0 aliphatic heterocycles. The monoisotopic (exact) mass is 426 g/mol. The van der Waals surface area contributed by atoms with Crippen molar-refractivity contribution in [3.8, 4) is 0 Å². The molecule has 1 saturated carbocycles. The van der Waals surface area contributed by atoms with Gasteiger partial charge in [-0.05, 0) is 42.5 Å². The summed E-state index contributed by atoms with van der Waals surface area (Å²) in [6.45, 7) is 2.39. The van der Waals surface area contributed by atoms with Crippen molar-refractivity contribution in [2.24, 2.45) is 0 Å². The maximum Gasteiger partial charge on any atom is 0.243 e. The van der Waals surface area contributed by atoms with E-state index in [0.29, 0.717) is 18.0 Å². The Morgan fingerprint density at radius 3 is 2.30 bits per heavy atom. The lowest BCUT2D eigenvalue weighted by molar-refractivity contribution is -0.141. The highest BCUT2D eigenvalue weighted by atomic mass is 35.5. The fourth-order valence-corrected chi connectivity index (χ4v) is 4.25. The van der Waals surface area contributed by atoms with E-state index < -0.39 is 6.04 Å². The Hall–Kier alpha value is -2.33. The van der Waals surface area contributed by atoms with Gasteiger partial charge in [-0.1, -0.05) is 80.3 Å². The first-order chi connectivity index (χ1) is 14.6. The molecule has 2 aromatic carbocycles. The highest BCUT2D eigenvalue weighted by molar-refractivity contribution is 6.30. The molecule has 0 aromatic heterocycles. The summed E-state index contributed by atoms with van der Waals surface area (Å²) in [5, 5.41) is 3.86. The highest BCUT2D eigenvalue weighted by Gasteiger charge is 2.30. The second kappa shape index (κ2) is 11.2. The standard InChI is InChI=1S/C25H31ClN2O2/c1-2-23(25(30)27-22-11-7-4-8-12-22)28(18-20-9-5-3-6-10-20)24(29)17-19-13-15-21(26)16-14-19/h3,5-6,9-10,13-16,22-23H,2,4,7-8,11-12,17-18H2,1H3,(H,27,30). The van der Waals surface area contributed by atoms with E-state index in [1.165, 1.54) is 6.42 Å². The average Bonchev–Trinajstić information content (AvgIpc) is 2.76. The summed E-state index contributed by atoms with van der Waals surface area (Å²) in [5.41, 5.74) is 1.91. The number of hydrogen-bond acceptors (Lipinski definition) is 2. The average molecular weight is 427 g/mol. The van der Waals surface area contributed by atoms with E-state index in [4.69, 9.17) is 11.6 Å². The predicted molar refractivity (Wildman–Crippen MR) is 121 cm³/mol. The summed E-state index contributed by atoms with van der Waals surface area (Å²) in [4.78, 5) is 28.2. The Labute approximate surface area is 184 Å². The van der Waals surface area contributed by atoms with Crippen molar-refractivity contribution in [3.63, 3.8) is 0 Å². The first-order valence-corrected chi connectivity index (χ1v) is 11.3. The maximum absolute atomic E-state index is 13.3. The lowest BCUT2D eigenvalue weighted by Crippen LogP contribution is -2.51. The molecule has 1 aliphatic rings. The van der Waals surface area contributed by atoms with Crippen LogP contribution in [0.25, 0.3) is 0 Å². The number of nitrogens with zero attached hydrogens (tertiary/aromatic N) is 1. The fraction of sp³-hybridized carbons (Fsp3) is 0.440. The third-order valence-electron chi connectivity index (χ3n) is 5.80. The normalized spacial score (nSPS) is 15.4. The number of benzene rings is 2. The van der Waals surface area contributed by atoms with Gasteiger partial charge in [0.05, 0.1) is 6.42 Å². The Morgan fingerprint density at radius 1 is 1.00 bits per heavy atom. The molecule has 3 rings (SSSR count). The van der Waals surface area contributed by atoms with Gasteiger partial charge in [-0.2, -0.15) is 0 Å². The first-order valence-electron chi connectivity index (χ1n) is 10.9. The largest absolute Gasteiger partial charge is 0.352 e. The smallest absolute Gasteiger partial charge is 0.243 e. The van der Waals surface area contributed by atoms with Gasteiger partial charge in [-0.3, -0.25) is 9.59 Å². The van der Waals surface area contributed by atoms with Crippen molar-refractivity contribution >= 4 is 23.4 Å². The molecule has 160 valence electrons. The van der Waals surface area contributed by atoms with Gasteiger partial charge in [-0.15, -0.1) is 0 Å². The van der Waals surface area contributed by atoms with Gasteiger partial charge >= 0.3 is 0 Å². The van der Waals surface area contributed by atoms with Crippen LogP contribution in [0.3, 0.4) is 0 Å². The summed E-state index contributed by atoms with van der Waals surface area (Å²) < 4.78 is 0. The number of carbonyl (C=O) groups is 2. The molecule has 0 saturated heterocycles. The Balaban J connectivity index is 1.77. The van der Waals surface area contributed by atoms with E-state index in [-0.39, 0.29) is 24.3 Å². The minimum atomic E-state index is -0.480.